The lowest BCUT2D eigenvalue weighted by molar-refractivity contribution is -0.121. The summed E-state index contributed by atoms with van der Waals surface area (Å²) in [6.07, 6.45) is 4.43. The van der Waals surface area contributed by atoms with Crippen molar-refractivity contribution in [1.29, 1.82) is 0 Å². The molecule has 0 spiro atoms. The molecule has 3 unspecified atom stereocenters. The molecule has 0 aromatic rings. The van der Waals surface area contributed by atoms with Crippen LogP contribution in [0.2, 0.25) is 0 Å². The number of nitrogens with one attached hydrogen (secondary N) is 2. The summed E-state index contributed by atoms with van der Waals surface area (Å²) in [6, 6.07) is 0.162. The Morgan fingerprint density at radius 2 is 1.95 bits per heavy atom. The molecule has 2 rings (SSSR count). The van der Waals surface area contributed by atoms with Gasteiger partial charge in [0.2, 0.25) is 15.9 Å². The van der Waals surface area contributed by atoms with Gasteiger partial charge in [0, 0.05) is 6.04 Å². The van der Waals surface area contributed by atoms with Gasteiger partial charge >= 0.3 is 0 Å². The van der Waals surface area contributed by atoms with Crippen molar-refractivity contribution in [2.45, 2.75) is 46.1 Å². The normalized spacial score (nSPS) is 36.4. The van der Waals surface area contributed by atoms with Crippen LogP contribution in [0, 0.1) is 16.7 Å². The molecule has 2 fully saturated rings. The van der Waals surface area contributed by atoms with Crippen LogP contribution in [-0.2, 0) is 14.8 Å². The van der Waals surface area contributed by atoms with Crippen LogP contribution in [0.4, 0.5) is 0 Å². The van der Waals surface area contributed by atoms with E-state index < -0.39 is 10.0 Å². The molecule has 110 valence electrons. The number of fused-ring (bicyclic) bond motifs is 2. The monoisotopic (exact) mass is 288 g/mol. The summed E-state index contributed by atoms with van der Waals surface area (Å²) in [4.78, 5) is 11.8. The van der Waals surface area contributed by atoms with Gasteiger partial charge in [-0.05, 0) is 36.0 Å². The van der Waals surface area contributed by atoms with E-state index in [2.05, 4.69) is 30.8 Å². The van der Waals surface area contributed by atoms with Gasteiger partial charge < -0.3 is 5.32 Å². The molecule has 0 heterocycles. The third kappa shape index (κ3) is 2.52. The Kier molecular flexibility index (Phi) is 3.46. The largest absolute Gasteiger partial charge is 0.352 e. The summed E-state index contributed by atoms with van der Waals surface area (Å²) >= 11 is 0. The standard InChI is InChI=1S/C13H24N2O3S/c1-12(2)9-5-6-13(12,3)10(7-9)15-11(16)8-14-19(4,17)18/h9-10,14H,5-8H2,1-4H3,(H,15,16). The Labute approximate surface area is 115 Å². The Morgan fingerprint density at radius 3 is 2.37 bits per heavy atom. The van der Waals surface area contributed by atoms with Crippen LogP contribution in [-0.4, -0.2) is 33.2 Å². The molecule has 2 saturated carbocycles. The smallest absolute Gasteiger partial charge is 0.235 e. The number of carbonyl (C=O) groups is 1. The predicted octanol–water partition coefficient (Wildman–Crippen LogP) is 0.867. The van der Waals surface area contributed by atoms with E-state index in [9.17, 15) is 13.2 Å². The van der Waals surface area contributed by atoms with E-state index in [-0.39, 0.29) is 29.3 Å². The van der Waals surface area contributed by atoms with Crippen molar-refractivity contribution in [2.75, 3.05) is 12.8 Å². The van der Waals surface area contributed by atoms with Gasteiger partial charge in [-0.1, -0.05) is 20.8 Å². The van der Waals surface area contributed by atoms with Crippen LogP contribution in [0.1, 0.15) is 40.0 Å². The lowest BCUT2D eigenvalue weighted by Gasteiger charge is -2.39. The quantitative estimate of drug-likeness (QED) is 0.806. The first-order valence-electron chi connectivity index (χ1n) is 6.80. The molecule has 19 heavy (non-hydrogen) atoms. The van der Waals surface area contributed by atoms with Gasteiger partial charge in [0.05, 0.1) is 12.8 Å². The van der Waals surface area contributed by atoms with Gasteiger partial charge in [-0.3, -0.25) is 4.79 Å². The first-order valence-corrected chi connectivity index (χ1v) is 8.69. The SMILES string of the molecule is CC1(C)C2CCC1(C)C(NC(=O)CNS(C)(=O)=O)C2. The minimum absolute atomic E-state index is 0.123. The summed E-state index contributed by atoms with van der Waals surface area (Å²) < 4.78 is 24.2. The average Bonchev–Trinajstić information content (AvgIpc) is 2.58. The highest BCUT2D eigenvalue weighted by Gasteiger charge is 2.61. The zero-order valence-electron chi connectivity index (χ0n) is 12.1. The minimum Gasteiger partial charge on any atom is -0.352 e. The first kappa shape index (κ1) is 14.8. The highest BCUT2D eigenvalue weighted by molar-refractivity contribution is 7.88. The number of carbonyl (C=O) groups excluding carboxylic acids is 1. The lowest BCUT2D eigenvalue weighted by atomic mass is 9.69. The van der Waals surface area contributed by atoms with Crippen molar-refractivity contribution in [3.05, 3.63) is 0 Å². The Morgan fingerprint density at radius 1 is 1.32 bits per heavy atom. The Bertz CT molecular complexity index is 486. The number of rotatable bonds is 4. The average molecular weight is 288 g/mol. The number of amides is 1. The van der Waals surface area contributed by atoms with Gasteiger partial charge in [-0.25, -0.2) is 13.1 Å². The second-order valence-electron chi connectivity index (χ2n) is 6.82. The molecule has 0 aromatic carbocycles. The number of hydrogen-bond acceptors (Lipinski definition) is 3. The van der Waals surface area contributed by atoms with E-state index in [4.69, 9.17) is 0 Å². The van der Waals surface area contributed by atoms with E-state index in [0.29, 0.717) is 5.92 Å². The maximum Gasteiger partial charge on any atom is 0.235 e. The summed E-state index contributed by atoms with van der Waals surface area (Å²) in [5.41, 5.74) is 0.369. The number of sulfonamides is 1. The maximum atomic E-state index is 11.8. The summed E-state index contributed by atoms with van der Waals surface area (Å²) in [7, 11) is -3.31. The molecule has 2 aliphatic rings. The molecule has 0 saturated heterocycles. The zero-order chi connectivity index (χ0) is 14.5. The fraction of sp³-hybridized carbons (Fsp3) is 0.923. The van der Waals surface area contributed by atoms with Crippen LogP contribution in [0.15, 0.2) is 0 Å². The van der Waals surface area contributed by atoms with Gasteiger partial charge in [0.25, 0.3) is 0 Å². The molecule has 0 radical (unpaired) electrons. The molecular weight excluding hydrogens is 264 g/mol. The number of hydrogen-bond donors (Lipinski definition) is 2. The van der Waals surface area contributed by atoms with Crippen molar-refractivity contribution in [2.24, 2.45) is 16.7 Å². The fourth-order valence-electron chi connectivity index (χ4n) is 3.86. The van der Waals surface area contributed by atoms with Crippen LogP contribution >= 0.6 is 0 Å². The molecule has 6 heteroatoms. The zero-order valence-corrected chi connectivity index (χ0v) is 12.9. The molecule has 2 bridgehead atoms. The van der Waals surface area contributed by atoms with Gasteiger partial charge in [-0.2, -0.15) is 0 Å². The van der Waals surface area contributed by atoms with Crippen molar-refractivity contribution in [3.8, 4) is 0 Å². The summed E-state index contributed by atoms with van der Waals surface area (Å²) in [5.74, 6) is 0.422. The highest BCUT2D eigenvalue weighted by atomic mass is 32.2. The second kappa shape index (κ2) is 4.45. The van der Waals surface area contributed by atoms with Crippen molar-refractivity contribution < 1.29 is 13.2 Å². The Hall–Kier alpha value is -0.620. The van der Waals surface area contributed by atoms with Crippen LogP contribution in [0.25, 0.3) is 0 Å². The van der Waals surface area contributed by atoms with Crippen LogP contribution < -0.4 is 10.0 Å². The topological polar surface area (TPSA) is 75.3 Å². The highest BCUT2D eigenvalue weighted by Crippen LogP contribution is 2.65. The maximum absolute atomic E-state index is 11.8. The van der Waals surface area contributed by atoms with Gasteiger partial charge in [-0.15, -0.1) is 0 Å². The Balaban J connectivity index is 1.97. The summed E-state index contributed by atoms with van der Waals surface area (Å²) in [6.45, 7) is 6.64. The molecule has 3 atom stereocenters. The van der Waals surface area contributed by atoms with E-state index in [1.807, 2.05) is 0 Å². The third-order valence-corrected chi connectivity index (χ3v) is 6.29. The summed E-state index contributed by atoms with van der Waals surface area (Å²) in [5, 5.41) is 3.01. The van der Waals surface area contributed by atoms with Crippen molar-refractivity contribution in [3.63, 3.8) is 0 Å². The third-order valence-electron chi connectivity index (χ3n) is 5.62. The van der Waals surface area contributed by atoms with E-state index in [0.717, 1.165) is 19.1 Å². The second-order valence-corrected chi connectivity index (χ2v) is 8.66. The molecule has 2 aliphatic carbocycles. The first-order chi connectivity index (χ1) is 8.56. The molecule has 0 aliphatic heterocycles. The van der Waals surface area contributed by atoms with Gasteiger partial charge in [0.15, 0.2) is 0 Å². The molecule has 0 aromatic heterocycles. The van der Waals surface area contributed by atoms with Gasteiger partial charge in [0.1, 0.15) is 0 Å². The molecule has 5 nitrogen and oxygen atoms in total. The predicted molar refractivity (Wildman–Crippen MR) is 74.0 cm³/mol. The fourth-order valence-corrected chi connectivity index (χ4v) is 4.26. The van der Waals surface area contributed by atoms with E-state index in [1.54, 1.807) is 0 Å². The molecular formula is C13H24N2O3S. The van der Waals surface area contributed by atoms with E-state index >= 15 is 0 Å². The van der Waals surface area contributed by atoms with E-state index in [1.165, 1.54) is 6.42 Å². The van der Waals surface area contributed by atoms with Crippen molar-refractivity contribution >= 4 is 15.9 Å². The van der Waals surface area contributed by atoms with Crippen molar-refractivity contribution in [1.82, 2.24) is 10.0 Å². The molecule has 1 amide bonds. The lowest BCUT2D eigenvalue weighted by Crippen LogP contribution is -2.49. The minimum atomic E-state index is -3.31. The van der Waals surface area contributed by atoms with Crippen LogP contribution in [0.3, 0.4) is 0 Å². The van der Waals surface area contributed by atoms with Crippen LogP contribution in [0.5, 0.6) is 0 Å². The molecule has 2 N–H and O–H groups in total.